The Balaban J connectivity index is 1.68. The van der Waals surface area contributed by atoms with Gasteiger partial charge in [-0.05, 0) is 25.2 Å². The van der Waals surface area contributed by atoms with Gasteiger partial charge in [-0.15, -0.1) is 0 Å². The van der Waals surface area contributed by atoms with Crippen molar-refractivity contribution in [2.75, 3.05) is 7.11 Å². The molecule has 1 saturated carbocycles. The van der Waals surface area contributed by atoms with Gasteiger partial charge in [-0.25, -0.2) is 4.98 Å². The Hall–Kier alpha value is -2.22. The largest absolute Gasteiger partial charge is 0.468 e. The molecule has 3 atom stereocenters. The van der Waals surface area contributed by atoms with Crippen LogP contribution in [0.2, 0.25) is 0 Å². The zero-order valence-corrected chi connectivity index (χ0v) is 14.6. The summed E-state index contributed by atoms with van der Waals surface area (Å²) in [6, 6.07) is 0.0935. The summed E-state index contributed by atoms with van der Waals surface area (Å²) < 4.78 is 6.62. The van der Waals surface area contributed by atoms with Gasteiger partial charge in [0, 0.05) is 13.1 Å². The number of aromatic amines is 1. The molecule has 1 aliphatic carbocycles. The number of hydrogen-bond acceptors (Lipinski definition) is 6. The average Bonchev–Trinajstić information content (AvgIpc) is 3.16. The fraction of sp³-hybridized carbons (Fsp3) is 0.647. The van der Waals surface area contributed by atoms with E-state index in [1.807, 2.05) is 0 Å². The van der Waals surface area contributed by atoms with Crippen LogP contribution in [0.1, 0.15) is 37.9 Å². The van der Waals surface area contributed by atoms with Crippen molar-refractivity contribution in [2.45, 2.75) is 50.7 Å². The van der Waals surface area contributed by atoms with E-state index in [-0.39, 0.29) is 17.6 Å². The number of esters is 1. The summed E-state index contributed by atoms with van der Waals surface area (Å²) in [5, 5.41) is 4.58. The van der Waals surface area contributed by atoms with Gasteiger partial charge in [-0.3, -0.25) is 19.2 Å². The number of nitrogens with zero attached hydrogens (tertiary/aromatic N) is 4. The molecule has 0 spiro atoms. The van der Waals surface area contributed by atoms with Gasteiger partial charge in [0.1, 0.15) is 17.3 Å². The van der Waals surface area contributed by atoms with Crippen LogP contribution in [0.15, 0.2) is 11.0 Å². The molecule has 0 radical (unpaired) electrons. The molecule has 2 fully saturated rings. The molecule has 8 heteroatoms. The predicted octanol–water partition coefficient (Wildman–Crippen LogP) is 0.963. The van der Waals surface area contributed by atoms with E-state index in [0.717, 1.165) is 19.3 Å². The zero-order chi connectivity index (χ0) is 17.6. The van der Waals surface area contributed by atoms with Crippen molar-refractivity contribution >= 4 is 17.0 Å². The fourth-order valence-electron chi connectivity index (χ4n) is 4.47. The molecule has 4 rings (SSSR count). The SMILES string of the molecule is COC(=O)[C@@H]1C[C@H]2CCCC[C@@H]2N1Cc1nc2c(cnn2C)c(=O)[nH]1. The van der Waals surface area contributed by atoms with Crippen LogP contribution < -0.4 is 5.56 Å². The molecule has 0 bridgehead atoms. The van der Waals surface area contributed by atoms with Gasteiger partial charge in [0.2, 0.25) is 0 Å². The molecule has 2 aromatic rings. The van der Waals surface area contributed by atoms with Crippen molar-refractivity contribution in [2.24, 2.45) is 13.0 Å². The fourth-order valence-corrected chi connectivity index (χ4v) is 4.47. The molecule has 2 aromatic heterocycles. The number of carbonyl (C=O) groups is 1. The predicted molar refractivity (Wildman–Crippen MR) is 90.8 cm³/mol. The van der Waals surface area contributed by atoms with Crippen molar-refractivity contribution in [1.82, 2.24) is 24.6 Å². The second-order valence-corrected chi connectivity index (χ2v) is 7.08. The number of ether oxygens (including phenoxy) is 1. The first-order valence-corrected chi connectivity index (χ1v) is 8.83. The third kappa shape index (κ3) is 2.74. The molecule has 0 amide bonds. The molecule has 25 heavy (non-hydrogen) atoms. The Morgan fingerprint density at radius 2 is 2.20 bits per heavy atom. The highest BCUT2D eigenvalue weighted by Gasteiger charge is 2.45. The summed E-state index contributed by atoms with van der Waals surface area (Å²) >= 11 is 0. The summed E-state index contributed by atoms with van der Waals surface area (Å²) in [6.45, 7) is 0.442. The van der Waals surface area contributed by atoms with Gasteiger partial charge < -0.3 is 9.72 Å². The van der Waals surface area contributed by atoms with Crippen LogP contribution in [0.25, 0.3) is 11.0 Å². The Labute approximate surface area is 145 Å². The maximum Gasteiger partial charge on any atom is 0.323 e. The molecule has 0 aromatic carbocycles. The Morgan fingerprint density at radius 1 is 1.40 bits per heavy atom. The molecule has 2 aliphatic rings. The average molecular weight is 345 g/mol. The minimum atomic E-state index is -0.259. The smallest absolute Gasteiger partial charge is 0.323 e. The second-order valence-electron chi connectivity index (χ2n) is 7.08. The lowest BCUT2D eigenvalue weighted by Gasteiger charge is -2.32. The third-order valence-electron chi connectivity index (χ3n) is 5.68. The van der Waals surface area contributed by atoms with Crippen LogP contribution in [0, 0.1) is 5.92 Å². The quantitative estimate of drug-likeness (QED) is 0.833. The standard InChI is InChI=1S/C17H23N5O3/c1-21-15-11(8-18-21)16(23)20-14(19-15)9-22-12-6-4-3-5-10(12)7-13(22)17(24)25-2/h8,10,12-13H,3-7,9H2,1-2H3,(H,19,20,23)/t10-,12+,13+/m1/s1. The van der Waals surface area contributed by atoms with Crippen LogP contribution in [0.4, 0.5) is 0 Å². The number of hydrogen-bond donors (Lipinski definition) is 1. The lowest BCUT2D eigenvalue weighted by atomic mass is 9.85. The Morgan fingerprint density at radius 3 is 3.00 bits per heavy atom. The van der Waals surface area contributed by atoms with E-state index >= 15 is 0 Å². The van der Waals surface area contributed by atoms with Crippen LogP contribution >= 0.6 is 0 Å². The van der Waals surface area contributed by atoms with Crippen LogP contribution in [0.5, 0.6) is 0 Å². The third-order valence-corrected chi connectivity index (χ3v) is 5.68. The summed E-state index contributed by atoms with van der Waals surface area (Å²) in [5.74, 6) is 0.893. The van der Waals surface area contributed by atoms with Gasteiger partial charge in [0.15, 0.2) is 5.65 Å². The first-order chi connectivity index (χ1) is 12.1. The van der Waals surface area contributed by atoms with Crippen molar-refractivity contribution in [3.05, 3.63) is 22.4 Å². The normalized spacial score (nSPS) is 26.7. The van der Waals surface area contributed by atoms with Crippen LogP contribution in [-0.4, -0.2) is 49.8 Å². The molecule has 134 valence electrons. The number of likely N-dealkylation sites (tertiary alicyclic amines) is 1. The highest BCUT2D eigenvalue weighted by atomic mass is 16.5. The number of aryl methyl sites for hydroxylation is 1. The summed E-state index contributed by atoms with van der Waals surface area (Å²) in [5.41, 5.74) is 0.370. The van der Waals surface area contributed by atoms with Crippen molar-refractivity contribution < 1.29 is 9.53 Å². The number of methoxy groups -OCH3 is 1. The van der Waals surface area contributed by atoms with Gasteiger partial charge in [0.05, 0.1) is 19.9 Å². The first-order valence-electron chi connectivity index (χ1n) is 8.83. The number of rotatable bonds is 3. The van der Waals surface area contributed by atoms with Crippen molar-refractivity contribution in [3.63, 3.8) is 0 Å². The van der Waals surface area contributed by atoms with Gasteiger partial charge in [0.25, 0.3) is 5.56 Å². The van der Waals surface area contributed by atoms with Crippen molar-refractivity contribution in [3.8, 4) is 0 Å². The minimum Gasteiger partial charge on any atom is -0.468 e. The van der Waals surface area contributed by atoms with Gasteiger partial charge >= 0.3 is 5.97 Å². The molecule has 0 unspecified atom stereocenters. The molecular formula is C17H23N5O3. The van der Waals surface area contributed by atoms with E-state index in [9.17, 15) is 9.59 Å². The highest BCUT2D eigenvalue weighted by Crippen LogP contribution is 2.40. The highest BCUT2D eigenvalue weighted by molar-refractivity contribution is 5.76. The summed E-state index contributed by atoms with van der Waals surface area (Å²) in [6.07, 6.45) is 6.98. The van der Waals surface area contributed by atoms with Gasteiger partial charge in [-0.1, -0.05) is 12.8 Å². The molecule has 1 N–H and O–H groups in total. The summed E-state index contributed by atoms with van der Waals surface area (Å²) in [4.78, 5) is 34.2. The number of fused-ring (bicyclic) bond motifs is 2. The lowest BCUT2D eigenvalue weighted by Crippen LogP contribution is -2.42. The van der Waals surface area contributed by atoms with E-state index in [2.05, 4.69) is 20.0 Å². The number of aromatic nitrogens is 4. The summed E-state index contributed by atoms with van der Waals surface area (Å²) in [7, 11) is 3.20. The van der Waals surface area contributed by atoms with E-state index < -0.39 is 0 Å². The lowest BCUT2D eigenvalue weighted by molar-refractivity contribution is -0.146. The monoisotopic (exact) mass is 345 g/mol. The van der Waals surface area contributed by atoms with E-state index in [1.165, 1.54) is 26.1 Å². The minimum absolute atomic E-state index is 0.192. The molecule has 8 nitrogen and oxygen atoms in total. The molecule has 3 heterocycles. The topological polar surface area (TPSA) is 93.1 Å². The van der Waals surface area contributed by atoms with Crippen LogP contribution in [-0.2, 0) is 23.1 Å². The van der Waals surface area contributed by atoms with E-state index in [0.29, 0.717) is 35.4 Å². The van der Waals surface area contributed by atoms with Crippen LogP contribution in [0.3, 0.4) is 0 Å². The number of nitrogens with one attached hydrogen (secondary N) is 1. The number of H-pyrrole nitrogens is 1. The zero-order valence-electron chi connectivity index (χ0n) is 14.6. The first kappa shape index (κ1) is 16.3. The maximum absolute atomic E-state index is 12.3. The second kappa shape index (κ2) is 6.25. The Bertz CT molecular complexity index is 858. The van der Waals surface area contributed by atoms with E-state index in [4.69, 9.17) is 4.74 Å². The van der Waals surface area contributed by atoms with E-state index in [1.54, 1.807) is 11.7 Å². The number of carbonyl (C=O) groups excluding carboxylic acids is 1. The Kier molecular flexibility index (Phi) is 4.07. The van der Waals surface area contributed by atoms with Crippen molar-refractivity contribution in [1.29, 1.82) is 0 Å². The molecule has 1 saturated heterocycles. The molecule has 1 aliphatic heterocycles. The maximum atomic E-state index is 12.3. The van der Waals surface area contributed by atoms with Gasteiger partial charge in [-0.2, -0.15) is 5.10 Å². The molecular weight excluding hydrogens is 322 g/mol.